The van der Waals surface area contributed by atoms with Gasteiger partial charge in [0.2, 0.25) is 0 Å². The van der Waals surface area contributed by atoms with Crippen LogP contribution in [0.4, 0.5) is 4.79 Å². The van der Waals surface area contributed by atoms with Gasteiger partial charge in [-0.2, -0.15) is 0 Å². The van der Waals surface area contributed by atoms with E-state index in [-0.39, 0.29) is 6.09 Å². The predicted molar refractivity (Wildman–Crippen MR) is 97.2 cm³/mol. The number of methoxy groups -OCH3 is 2. The van der Waals surface area contributed by atoms with Gasteiger partial charge in [-0.1, -0.05) is 6.07 Å². The number of hydrogen-bond donors (Lipinski definition) is 1. The Kier molecular flexibility index (Phi) is 6.53. The average molecular weight is 350 g/mol. The van der Waals surface area contributed by atoms with Gasteiger partial charge in [0.15, 0.2) is 0 Å². The first-order valence-electron chi connectivity index (χ1n) is 8.74. The molecule has 1 saturated heterocycles. The van der Waals surface area contributed by atoms with Crippen LogP contribution in [0, 0.1) is 0 Å². The van der Waals surface area contributed by atoms with Gasteiger partial charge in [0, 0.05) is 37.3 Å². The van der Waals surface area contributed by atoms with Crippen LogP contribution in [0.3, 0.4) is 0 Å². The molecule has 0 bridgehead atoms. The smallest absolute Gasteiger partial charge is 0.410 e. The lowest BCUT2D eigenvalue weighted by Crippen LogP contribution is -2.46. The van der Waals surface area contributed by atoms with E-state index in [0.29, 0.717) is 19.1 Å². The second-order valence-corrected chi connectivity index (χ2v) is 7.30. The number of carbonyl (C=O) groups is 1. The number of hydrogen-bond acceptors (Lipinski definition) is 5. The van der Waals surface area contributed by atoms with Crippen molar-refractivity contribution in [2.75, 3.05) is 27.3 Å². The predicted octanol–water partition coefficient (Wildman–Crippen LogP) is 3.19. The molecule has 0 radical (unpaired) electrons. The fraction of sp³-hybridized carbons (Fsp3) is 0.632. The lowest BCUT2D eigenvalue weighted by Gasteiger charge is -2.33. The molecule has 0 aromatic heterocycles. The summed E-state index contributed by atoms with van der Waals surface area (Å²) in [5, 5.41) is 3.56. The van der Waals surface area contributed by atoms with Gasteiger partial charge in [0.05, 0.1) is 14.2 Å². The minimum Gasteiger partial charge on any atom is -0.497 e. The van der Waals surface area contributed by atoms with E-state index < -0.39 is 5.60 Å². The molecule has 0 unspecified atom stereocenters. The largest absolute Gasteiger partial charge is 0.497 e. The Balaban J connectivity index is 1.82. The van der Waals surface area contributed by atoms with Gasteiger partial charge in [0.25, 0.3) is 0 Å². The van der Waals surface area contributed by atoms with Crippen LogP contribution in [-0.4, -0.2) is 49.9 Å². The summed E-state index contributed by atoms with van der Waals surface area (Å²) in [7, 11) is 3.31. The third-order valence-electron chi connectivity index (χ3n) is 4.22. The molecule has 6 nitrogen and oxygen atoms in total. The first-order valence-corrected chi connectivity index (χ1v) is 8.74. The van der Waals surface area contributed by atoms with E-state index in [2.05, 4.69) is 5.32 Å². The quantitative estimate of drug-likeness (QED) is 0.884. The zero-order chi connectivity index (χ0) is 18.4. The highest BCUT2D eigenvalue weighted by Crippen LogP contribution is 2.25. The number of piperidine rings is 1. The van der Waals surface area contributed by atoms with Crippen molar-refractivity contribution in [3.63, 3.8) is 0 Å². The highest BCUT2D eigenvalue weighted by molar-refractivity contribution is 5.68. The van der Waals surface area contributed by atoms with Crippen molar-refractivity contribution in [2.45, 2.75) is 51.8 Å². The number of likely N-dealkylation sites (tertiary alicyclic amines) is 1. The summed E-state index contributed by atoms with van der Waals surface area (Å²) in [6, 6.07) is 6.22. The normalized spacial score (nSPS) is 15.8. The number of nitrogens with zero attached hydrogens (tertiary/aromatic N) is 1. The Morgan fingerprint density at radius 2 is 1.88 bits per heavy atom. The molecule has 1 amide bonds. The summed E-state index contributed by atoms with van der Waals surface area (Å²) in [5.74, 6) is 1.60. The highest BCUT2D eigenvalue weighted by Gasteiger charge is 2.26. The van der Waals surface area contributed by atoms with E-state index in [1.807, 2.05) is 39.0 Å². The molecule has 6 heteroatoms. The summed E-state index contributed by atoms with van der Waals surface area (Å²) in [6.45, 7) is 7.83. The average Bonchev–Trinajstić information content (AvgIpc) is 2.58. The summed E-state index contributed by atoms with van der Waals surface area (Å²) < 4.78 is 16.1. The summed E-state index contributed by atoms with van der Waals surface area (Å²) >= 11 is 0. The molecule has 1 fully saturated rings. The first kappa shape index (κ1) is 19.4. The molecule has 1 aliphatic heterocycles. The third-order valence-corrected chi connectivity index (χ3v) is 4.22. The number of rotatable bonds is 5. The van der Waals surface area contributed by atoms with E-state index in [0.717, 1.165) is 36.4 Å². The minimum absolute atomic E-state index is 0.220. The van der Waals surface area contributed by atoms with Gasteiger partial charge < -0.3 is 24.4 Å². The van der Waals surface area contributed by atoms with E-state index in [1.165, 1.54) is 0 Å². The molecule has 1 N–H and O–H groups in total. The van der Waals surface area contributed by atoms with Crippen LogP contribution >= 0.6 is 0 Å². The number of benzene rings is 1. The second kappa shape index (κ2) is 8.43. The zero-order valence-electron chi connectivity index (χ0n) is 15.9. The van der Waals surface area contributed by atoms with Crippen LogP contribution in [-0.2, 0) is 11.3 Å². The molecule has 140 valence electrons. The van der Waals surface area contributed by atoms with Crippen LogP contribution in [0.15, 0.2) is 18.2 Å². The van der Waals surface area contributed by atoms with Gasteiger partial charge >= 0.3 is 6.09 Å². The standard InChI is InChI=1S/C19H30N2O4/c1-19(2,3)25-18(22)21-10-8-15(9-11-21)20-13-14-6-7-16(23-4)12-17(14)24-5/h6-7,12,15,20H,8-11,13H2,1-5H3. The van der Waals surface area contributed by atoms with Gasteiger partial charge in [-0.3, -0.25) is 0 Å². The molecular formula is C19H30N2O4. The van der Waals surface area contributed by atoms with E-state index in [1.54, 1.807) is 19.1 Å². The Hall–Kier alpha value is -1.95. The Morgan fingerprint density at radius 1 is 1.20 bits per heavy atom. The Labute approximate surface area is 150 Å². The molecule has 0 aliphatic carbocycles. The van der Waals surface area contributed by atoms with Crippen molar-refractivity contribution >= 4 is 6.09 Å². The van der Waals surface area contributed by atoms with Crippen LogP contribution in [0.1, 0.15) is 39.2 Å². The van der Waals surface area contributed by atoms with Crippen molar-refractivity contribution in [2.24, 2.45) is 0 Å². The van der Waals surface area contributed by atoms with Crippen molar-refractivity contribution in [1.29, 1.82) is 0 Å². The SMILES string of the molecule is COc1ccc(CNC2CCN(C(=O)OC(C)(C)C)CC2)c(OC)c1. The fourth-order valence-corrected chi connectivity index (χ4v) is 2.84. The third kappa shape index (κ3) is 5.81. The topological polar surface area (TPSA) is 60.0 Å². The van der Waals surface area contributed by atoms with E-state index in [9.17, 15) is 4.79 Å². The lowest BCUT2D eigenvalue weighted by molar-refractivity contribution is 0.0198. The number of nitrogens with one attached hydrogen (secondary N) is 1. The van der Waals surface area contributed by atoms with Crippen molar-refractivity contribution in [1.82, 2.24) is 10.2 Å². The van der Waals surface area contributed by atoms with Crippen LogP contribution in [0.5, 0.6) is 11.5 Å². The van der Waals surface area contributed by atoms with Crippen molar-refractivity contribution < 1.29 is 19.0 Å². The zero-order valence-corrected chi connectivity index (χ0v) is 15.9. The van der Waals surface area contributed by atoms with Crippen LogP contribution < -0.4 is 14.8 Å². The number of ether oxygens (including phenoxy) is 3. The molecule has 1 heterocycles. The van der Waals surface area contributed by atoms with Crippen LogP contribution in [0.25, 0.3) is 0 Å². The Bertz CT molecular complexity index is 575. The van der Waals surface area contributed by atoms with Gasteiger partial charge in [-0.25, -0.2) is 4.79 Å². The fourth-order valence-electron chi connectivity index (χ4n) is 2.84. The molecular weight excluding hydrogens is 320 g/mol. The van der Waals surface area contributed by atoms with Crippen molar-refractivity contribution in [3.05, 3.63) is 23.8 Å². The monoisotopic (exact) mass is 350 g/mol. The first-order chi connectivity index (χ1) is 11.8. The van der Waals surface area contributed by atoms with Crippen molar-refractivity contribution in [3.8, 4) is 11.5 Å². The summed E-state index contributed by atoms with van der Waals surface area (Å²) in [6.07, 6.45) is 1.61. The summed E-state index contributed by atoms with van der Waals surface area (Å²) in [4.78, 5) is 13.9. The van der Waals surface area contributed by atoms with Gasteiger partial charge in [-0.15, -0.1) is 0 Å². The van der Waals surface area contributed by atoms with E-state index in [4.69, 9.17) is 14.2 Å². The molecule has 0 saturated carbocycles. The van der Waals surface area contributed by atoms with Crippen LogP contribution in [0.2, 0.25) is 0 Å². The molecule has 1 aromatic carbocycles. The second-order valence-electron chi connectivity index (χ2n) is 7.30. The molecule has 2 rings (SSSR count). The lowest BCUT2D eigenvalue weighted by atomic mass is 10.0. The maximum absolute atomic E-state index is 12.1. The maximum Gasteiger partial charge on any atom is 0.410 e. The van der Waals surface area contributed by atoms with E-state index >= 15 is 0 Å². The number of carbonyl (C=O) groups excluding carboxylic acids is 1. The highest BCUT2D eigenvalue weighted by atomic mass is 16.6. The maximum atomic E-state index is 12.1. The molecule has 1 aromatic rings. The molecule has 1 aliphatic rings. The minimum atomic E-state index is -0.447. The molecule has 25 heavy (non-hydrogen) atoms. The number of amides is 1. The van der Waals surface area contributed by atoms with Gasteiger partial charge in [-0.05, 0) is 39.7 Å². The Morgan fingerprint density at radius 3 is 2.44 bits per heavy atom. The molecule has 0 spiro atoms. The summed E-state index contributed by atoms with van der Waals surface area (Å²) in [5.41, 5.74) is 0.648. The molecule has 0 atom stereocenters. The van der Waals surface area contributed by atoms with Gasteiger partial charge in [0.1, 0.15) is 17.1 Å².